The van der Waals surface area contributed by atoms with Crippen molar-refractivity contribution in [2.75, 3.05) is 7.11 Å². The van der Waals surface area contributed by atoms with Crippen LogP contribution in [0.3, 0.4) is 0 Å². The van der Waals surface area contributed by atoms with E-state index in [1.165, 1.54) is 0 Å². The van der Waals surface area contributed by atoms with Crippen LogP contribution in [-0.2, 0) is 0 Å². The van der Waals surface area contributed by atoms with Crippen LogP contribution in [0.4, 0.5) is 0 Å². The summed E-state index contributed by atoms with van der Waals surface area (Å²) in [6.45, 7) is 0. The minimum Gasteiger partial charge on any atom is -0.497 e. The lowest BCUT2D eigenvalue weighted by Gasteiger charge is -2.21. The molecule has 0 spiro atoms. The Balaban J connectivity index is 2.19. The highest BCUT2D eigenvalue weighted by Crippen LogP contribution is 2.27. The van der Waals surface area contributed by atoms with Crippen molar-refractivity contribution in [3.8, 4) is 5.75 Å². The zero-order valence-corrected chi connectivity index (χ0v) is 12.3. The van der Waals surface area contributed by atoms with Gasteiger partial charge < -0.3 is 9.30 Å². The first-order valence-electron chi connectivity index (χ1n) is 7.15. The van der Waals surface area contributed by atoms with Gasteiger partial charge in [-0.15, -0.1) is 0 Å². The molecule has 22 heavy (non-hydrogen) atoms. The van der Waals surface area contributed by atoms with Gasteiger partial charge in [0, 0.05) is 12.3 Å². The van der Waals surface area contributed by atoms with Gasteiger partial charge in [-0.3, -0.25) is 4.79 Å². The van der Waals surface area contributed by atoms with Gasteiger partial charge >= 0.3 is 0 Å². The molecule has 3 rings (SSSR count). The van der Waals surface area contributed by atoms with Crippen molar-refractivity contribution in [3.63, 3.8) is 0 Å². The van der Waals surface area contributed by atoms with Gasteiger partial charge in [0.1, 0.15) is 5.75 Å². The zero-order chi connectivity index (χ0) is 15.4. The minimum absolute atomic E-state index is 0.0285. The molecule has 1 atom stereocenters. The summed E-state index contributed by atoms with van der Waals surface area (Å²) in [6.07, 6.45) is 1.82. The third kappa shape index (κ3) is 2.79. The van der Waals surface area contributed by atoms with Crippen molar-refractivity contribution in [3.05, 3.63) is 100 Å². The normalized spacial score (nSPS) is 11.9. The maximum Gasteiger partial charge on any atom is 0.251 e. The standard InChI is InChI=1S/C19H17NO2/c1-22-17-11-7-10-16(14-17)19(15-8-3-2-4-9-15)20-13-6-5-12-18(20)21/h2-14,19H,1H3. The SMILES string of the molecule is COc1cccc(C(c2ccccc2)n2ccccc2=O)c1. The van der Waals surface area contributed by atoms with E-state index in [0.717, 1.165) is 16.9 Å². The van der Waals surface area contributed by atoms with Crippen LogP contribution in [0.15, 0.2) is 83.8 Å². The van der Waals surface area contributed by atoms with E-state index in [9.17, 15) is 4.79 Å². The number of rotatable bonds is 4. The van der Waals surface area contributed by atoms with Gasteiger partial charge in [-0.25, -0.2) is 0 Å². The fraction of sp³-hybridized carbons (Fsp3) is 0.105. The lowest BCUT2D eigenvalue weighted by atomic mass is 9.98. The van der Waals surface area contributed by atoms with Gasteiger partial charge in [0.2, 0.25) is 0 Å². The molecule has 0 fully saturated rings. The molecule has 0 radical (unpaired) electrons. The first-order valence-corrected chi connectivity index (χ1v) is 7.15. The smallest absolute Gasteiger partial charge is 0.251 e. The highest BCUT2D eigenvalue weighted by molar-refractivity contribution is 5.37. The van der Waals surface area contributed by atoms with Crippen molar-refractivity contribution in [2.45, 2.75) is 6.04 Å². The Morgan fingerprint density at radius 3 is 2.32 bits per heavy atom. The molecule has 1 heterocycles. The van der Waals surface area contributed by atoms with Crippen LogP contribution < -0.4 is 10.3 Å². The van der Waals surface area contributed by atoms with Gasteiger partial charge in [0.05, 0.1) is 13.2 Å². The second-order valence-electron chi connectivity index (χ2n) is 5.04. The third-order valence-corrected chi connectivity index (χ3v) is 3.65. The Morgan fingerprint density at radius 2 is 1.59 bits per heavy atom. The van der Waals surface area contributed by atoms with E-state index in [1.807, 2.05) is 66.9 Å². The van der Waals surface area contributed by atoms with Crippen LogP contribution in [0, 0.1) is 0 Å². The van der Waals surface area contributed by atoms with E-state index in [0.29, 0.717) is 0 Å². The summed E-state index contributed by atoms with van der Waals surface area (Å²) in [5.74, 6) is 0.780. The van der Waals surface area contributed by atoms with Gasteiger partial charge in [-0.2, -0.15) is 0 Å². The van der Waals surface area contributed by atoms with Crippen molar-refractivity contribution in [1.82, 2.24) is 4.57 Å². The van der Waals surface area contributed by atoms with E-state index in [4.69, 9.17) is 4.74 Å². The molecule has 0 aliphatic carbocycles. The van der Waals surface area contributed by atoms with Gasteiger partial charge in [-0.1, -0.05) is 48.5 Å². The molecule has 1 unspecified atom stereocenters. The van der Waals surface area contributed by atoms with Crippen LogP contribution in [0.2, 0.25) is 0 Å². The molecule has 3 heteroatoms. The Labute approximate surface area is 129 Å². The maximum atomic E-state index is 12.3. The Hall–Kier alpha value is -2.81. The van der Waals surface area contributed by atoms with Crippen LogP contribution in [0.25, 0.3) is 0 Å². The fourth-order valence-electron chi connectivity index (χ4n) is 2.61. The highest BCUT2D eigenvalue weighted by Gasteiger charge is 2.17. The minimum atomic E-state index is -0.176. The molecule has 0 aliphatic rings. The number of hydrogen-bond acceptors (Lipinski definition) is 2. The largest absolute Gasteiger partial charge is 0.497 e. The average Bonchev–Trinajstić information content (AvgIpc) is 2.58. The molecule has 3 aromatic rings. The van der Waals surface area contributed by atoms with Gasteiger partial charge in [-0.05, 0) is 29.3 Å². The number of aromatic nitrogens is 1. The van der Waals surface area contributed by atoms with Crippen LogP contribution >= 0.6 is 0 Å². The summed E-state index contributed by atoms with van der Waals surface area (Å²) in [5, 5.41) is 0. The Morgan fingerprint density at radius 1 is 0.864 bits per heavy atom. The second-order valence-corrected chi connectivity index (χ2v) is 5.04. The molecule has 1 aromatic heterocycles. The van der Waals surface area contributed by atoms with Gasteiger partial charge in [0.15, 0.2) is 0 Å². The van der Waals surface area contributed by atoms with Crippen molar-refractivity contribution in [1.29, 1.82) is 0 Å². The van der Waals surface area contributed by atoms with Gasteiger partial charge in [0.25, 0.3) is 5.56 Å². The lowest BCUT2D eigenvalue weighted by molar-refractivity contribution is 0.413. The Kier molecular flexibility index (Phi) is 4.05. The van der Waals surface area contributed by atoms with E-state index in [1.54, 1.807) is 23.8 Å². The summed E-state index contributed by atoms with van der Waals surface area (Å²) >= 11 is 0. The molecule has 0 amide bonds. The van der Waals surface area contributed by atoms with E-state index >= 15 is 0 Å². The summed E-state index contributed by atoms with van der Waals surface area (Å²) in [5.41, 5.74) is 2.04. The molecule has 0 saturated carbocycles. The van der Waals surface area contributed by atoms with E-state index in [2.05, 4.69) is 0 Å². The van der Waals surface area contributed by atoms with Crippen LogP contribution in [-0.4, -0.2) is 11.7 Å². The predicted octanol–water partition coefficient (Wildman–Crippen LogP) is 3.49. The molecule has 0 N–H and O–H groups in total. The molecule has 2 aromatic carbocycles. The maximum absolute atomic E-state index is 12.3. The van der Waals surface area contributed by atoms with Crippen molar-refractivity contribution < 1.29 is 4.74 Å². The van der Waals surface area contributed by atoms with E-state index < -0.39 is 0 Å². The Bertz CT molecular complexity index is 809. The summed E-state index contributed by atoms with van der Waals surface area (Å²) in [7, 11) is 1.64. The third-order valence-electron chi connectivity index (χ3n) is 3.65. The van der Waals surface area contributed by atoms with Crippen LogP contribution in [0.1, 0.15) is 17.2 Å². The fourth-order valence-corrected chi connectivity index (χ4v) is 2.61. The predicted molar refractivity (Wildman–Crippen MR) is 87.4 cm³/mol. The summed E-state index contributed by atoms with van der Waals surface area (Å²) in [6, 6.07) is 22.9. The summed E-state index contributed by atoms with van der Waals surface area (Å²) < 4.78 is 7.06. The number of ether oxygens (including phenoxy) is 1. The molecule has 0 bridgehead atoms. The summed E-state index contributed by atoms with van der Waals surface area (Å²) in [4.78, 5) is 12.3. The number of benzene rings is 2. The number of hydrogen-bond donors (Lipinski definition) is 0. The molecule has 3 nitrogen and oxygen atoms in total. The quantitative estimate of drug-likeness (QED) is 0.736. The topological polar surface area (TPSA) is 31.2 Å². The molecular formula is C19H17NO2. The molecule has 0 saturated heterocycles. The first kappa shape index (κ1) is 14.1. The molecular weight excluding hydrogens is 274 g/mol. The van der Waals surface area contributed by atoms with Crippen LogP contribution in [0.5, 0.6) is 5.75 Å². The number of nitrogens with zero attached hydrogens (tertiary/aromatic N) is 1. The van der Waals surface area contributed by atoms with E-state index in [-0.39, 0.29) is 11.6 Å². The highest BCUT2D eigenvalue weighted by atomic mass is 16.5. The number of methoxy groups -OCH3 is 1. The molecule has 110 valence electrons. The van der Waals surface area contributed by atoms with Crippen molar-refractivity contribution >= 4 is 0 Å². The monoisotopic (exact) mass is 291 g/mol. The zero-order valence-electron chi connectivity index (χ0n) is 12.3. The second kappa shape index (κ2) is 6.31. The first-order chi connectivity index (χ1) is 10.8. The lowest BCUT2D eigenvalue weighted by Crippen LogP contribution is -2.24. The van der Waals surface area contributed by atoms with Crippen molar-refractivity contribution in [2.24, 2.45) is 0 Å². The molecule has 0 aliphatic heterocycles. The number of pyridine rings is 1. The average molecular weight is 291 g/mol.